The fourth-order valence-corrected chi connectivity index (χ4v) is 2.08. The summed E-state index contributed by atoms with van der Waals surface area (Å²) in [6, 6.07) is 2.09. The molecule has 1 rings (SSSR count). The van der Waals surface area contributed by atoms with Gasteiger partial charge < -0.3 is 10.4 Å². The molecule has 0 aliphatic carbocycles. The molecule has 0 fully saturated rings. The second-order valence-electron chi connectivity index (χ2n) is 4.96. The quantitative estimate of drug-likeness (QED) is 0.637. The van der Waals surface area contributed by atoms with Gasteiger partial charge in [-0.15, -0.1) is 0 Å². The number of carbonyl (C=O) groups is 1. The molecule has 0 atom stereocenters. The molecule has 1 aromatic rings. The number of carboxylic acid groups (broad SMARTS) is 1. The number of nitrogens with zero attached hydrogens (tertiary/aromatic N) is 2. The van der Waals surface area contributed by atoms with Gasteiger partial charge in [-0.3, -0.25) is 9.48 Å². The van der Waals surface area contributed by atoms with Crippen LogP contribution in [0.1, 0.15) is 43.5 Å². The predicted octanol–water partition coefficient (Wildman–Crippen LogP) is 2.12. The van der Waals surface area contributed by atoms with Crippen LogP contribution in [0.3, 0.4) is 0 Å². The molecule has 0 radical (unpaired) electrons. The van der Waals surface area contributed by atoms with Crippen molar-refractivity contribution in [1.29, 1.82) is 0 Å². The summed E-state index contributed by atoms with van der Waals surface area (Å²) >= 11 is 0. The predicted molar refractivity (Wildman–Crippen MR) is 75.3 cm³/mol. The van der Waals surface area contributed by atoms with Crippen LogP contribution in [0.15, 0.2) is 6.07 Å². The average molecular weight is 267 g/mol. The Bertz CT molecular complexity index is 388. The molecule has 0 spiro atoms. The summed E-state index contributed by atoms with van der Waals surface area (Å²) < 4.78 is 2.05. The molecule has 1 aromatic heterocycles. The summed E-state index contributed by atoms with van der Waals surface area (Å²) in [5, 5.41) is 16.3. The lowest BCUT2D eigenvalue weighted by atomic mass is 10.2. The van der Waals surface area contributed by atoms with E-state index < -0.39 is 5.97 Å². The second kappa shape index (κ2) is 8.69. The highest BCUT2D eigenvalue weighted by molar-refractivity contribution is 5.66. The van der Waals surface area contributed by atoms with E-state index in [0.29, 0.717) is 0 Å². The number of hydrogen-bond donors (Lipinski definition) is 2. The molecule has 0 saturated heterocycles. The van der Waals surface area contributed by atoms with E-state index in [9.17, 15) is 4.79 Å². The van der Waals surface area contributed by atoms with Crippen molar-refractivity contribution in [2.24, 2.45) is 0 Å². The molecular formula is C14H25N3O2. The molecule has 5 nitrogen and oxygen atoms in total. The molecule has 0 aromatic carbocycles. The van der Waals surface area contributed by atoms with Crippen LogP contribution >= 0.6 is 0 Å². The minimum Gasteiger partial charge on any atom is -0.481 e. The average Bonchev–Trinajstić information content (AvgIpc) is 2.65. The van der Waals surface area contributed by atoms with Gasteiger partial charge in [-0.1, -0.05) is 6.42 Å². The van der Waals surface area contributed by atoms with Crippen LogP contribution in [-0.4, -0.2) is 33.9 Å². The Balaban J connectivity index is 1.94. The van der Waals surface area contributed by atoms with Crippen LogP contribution in [0.2, 0.25) is 0 Å². The lowest BCUT2D eigenvalue weighted by molar-refractivity contribution is -0.137. The zero-order valence-electron chi connectivity index (χ0n) is 12.0. The van der Waals surface area contributed by atoms with Crippen LogP contribution in [0.25, 0.3) is 0 Å². The van der Waals surface area contributed by atoms with E-state index in [2.05, 4.69) is 23.4 Å². The van der Waals surface area contributed by atoms with Gasteiger partial charge in [0.25, 0.3) is 0 Å². The Labute approximate surface area is 115 Å². The number of unbranched alkanes of at least 4 members (excludes halogenated alkanes) is 2. The van der Waals surface area contributed by atoms with Crippen LogP contribution < -0.4 is 5.32 Å². The van der Waals surface area contributed by atoms with Crippen molar-refractivity contribution in [2.45, 2.75) is 52.5 Å². The number of carboxylic acids is 1. The van der Waals surface area contributed by atoms with E-state index in [1.54, 1.807) is 0 Å². The first-order valence-corrected chi connectivity index (χ1v) is 7.03. The van der Waals surface area contributed by atoms with E-state index in [4.69, 9.17) is 5.11 Å². The minimum atomic E-state index is -0.696. The lowest BCUT2D eigenvalue weighted by Gasteiger charge is -2.06. The highest BCUT2D eigenvalue weighted by Crippen LogP contribution is 2.02. The van der Waals surface area contributed by atoms with Crippen LogP contribution in [0, 0.1) is 13.8 Å². The van der Waals surface area contributed by atoms with Crippen molar-refractivity contribution in [1.82, 2.24) is 15.1 Å². The van der Waals surface area contributed by atoms with Crippen molar-refractivity contribution < 1.29 is 9.90 Å². The topological polar surface area (TPSA) is 67.2 Å². The third kappa shape index (κ3) is 6.96. The molecule has 0 saturated carbocycles. The summed E-state index contributed by atoms with van der Waals surface area (Å²) in [5.41, 5.74) is 2.29. The van der Waals surface area contributed by atoms with Crippen molar-refractivity contribution in [3.05, 3.63) is 17.5 Å². The van der Waals surface area contributed by atoms with Crippen molar-refractivity contribution in [2.75, 3.05) is 13.1 Å². The van der Waals surface area contributed by atoms with Crippen LogP contribution in [0.4, 0.5) is 0 Å². The molecule has 5 heteroatoms. The molecule has 1 heterocycles. The van der Waals surface area contributed by atoms with Gasteiger partial charge in [-0.25, -0.2) is 0 Å². The zero-order chi connectivity index (χ0) is 14.1. The van der Waals surface area contributed by atoms with Crippen molar-refractivity contribution >= 4 is 5.97 Å². The smallest absolute Gasteiger partial charge is 0.303 e. The molecule has 2 N–H and O–H groups in total. The molecular weight excluding hydrogens is 242 g/mol. The Morgan fingerprint density at radius 1 is 1.26 bits per heavy atom. The number of nitrogens with one attached hydrogen (secondary N) is 1. The molecule has 0 amide bonds. The van der Waals surface area contributed by atoms with Gasteiger partial charge in [0.15, 0.2) is 0 Å². The fraction of sp³-hybridized carbons (Fsp3) is 0.714. The fourth-order valence-electron chi connectivity index (χ4n) is 2.08. The first-order chi connectivity index (χ1) is 9.09. The standard InChI is InChI=1S/C14H25N3O2/c1-12-11-13(2)17(16-12)10-6-9-15-8-5-3-4-7-14(18)19/h11,15H,3-10H2,1-2H3,(H,18,19). The first-order valence-electron chi connectivity index (χ1n) is 7.03. The van der Waals surface area contributed by atoms with Gasteiger partial charge in [0.05, 0.1) is 5.69 Å². The Morgan fingerprint density at radius 2 is 2.00 bits per heavy atom. The second-order valence-corrected chi connectivity index (χ2v) is 4.96. The molecule has 0 aliphatic heterocycles. The van der Waals surface area contributed by atoms with E-state index in [-0.39, 0.29) is 6.42 Å². The summed E-state index contributed by atoms with van der Waals surface area (Å²) in [7, 11) is 0. The van der Waals surface area contributed by atoms with Gasteiger partial charge in [0, 0.05) is 18.7 Å². The van der Waals surface area contributed by atoms with E-state index >= 15 is 0 Å². The number of rotatable bonds is 10. The molecule has 0 bridgehead atoms. The Hall–Kier alpha value is -1.36. The number of hydrogen-bond acceptors (Lipinski definition) is 3. The normalized spacial score (nSPS) is 10.8. The van der Waals surface area contributed by atoms with Crippen molar-refractivity contribution in [3.8, 4) is 0 Å². The minimum absolute atomic E-state index is 0.290. The third-order valence-corrected chi connectivity index (χ3v) is 3.07. The van der Waals surface area contributed by atoms with Crippen LogP contribution in [0.5, 0.6) is 0 Å². The van der Waals surface area contributed by atoms with Crippen LogP contribution in [-0.2, 0) is 11.3 Å². The monoisotopic (exact) mass is 267 g/mol. The third-order valence-electron chi connectivity index (χ3n) is 3.07. The summed E-state index contributed by atoms with van der Waals surface area (Å²) in [6.45, 7) is 6.99. The van der Waals surface area contributed by atoms with Gasteiger partial charge in [0.1, 0.15) is 0 Å². The highest BCUT2D eigenvalue weighted by atomic mass is 16.4. The van der Waals surface area contributed by atoms with Gasteiger partial charge >= 0.3 is 5.97 Å². The maximum Gasteiger partial charge on any atom is 0.303 e. The van der Waals surface area contributed by atoms with Crippen molar-refractivity contribution in [3.63, 3.8) is 0 Å². The maximum atomic E-state index is 10.3. The molecule has 0 unspecified atom stereocenters. The lowest BCUT2D eigenvalue weighted by Crippen LogP contribution is -2.18. The van der Waals surface area contributed by atoms with Gasteiger partial charge in [-0.2, -0.15) is 5.10 Å². The summed E-state index contributed by atoms with van der Waals surface area (Å²) in [6.07, 6.45) is 4.17. The van der Waals surface area contributed by atoms with E-state index in [1.807, 2.05) is 11.6 Å². The number of aliphatic carboxylic acids is 1. The highest BCUT2D eigenvalue weighted by Gasteiger charge is 2.00. The maximum absolute atomic E-state index is 10.3. The largest absolute Gasteiger partial charge is 0.481 e. The molecule has 19 heavy (non-hydrogen) atoms. The molecule has 108 valence electrons. The van der Waals surface area contributed by atoms with Gasteiger partial charge in [-0.05, 0) is 52.3 Å². The van der Waals surface area contributed by atoms with E-state index in [1.165, 1.54) is 5.69 Å². The summed E-state index contributed by atoms with van der Waals surface area (Å²) in [5.74, 6) is -0.696. The Morgan fingerprint density at radius 3 is 2.63 bits per heavy atom. The molecule has 0 aliphatic rings. The number of aromatic nitrogens is 2. The van der Waals surface area contributed by atoms with E-state index in [0.717, 1.165) is 51.0 Å². The number of aryl methyl sites for hydroxylation is 3. The Kier molecular flexibility index (Phi) is 7.18. The zero-order valence-corrected chi connectivity index (χ0v) is 12.0. The van der Waals surface area contributed by atoms with Gasteiger partial charge in [0.2, 0.25) is 0 Å². The first kappa shape index (κ1) is 15.7. The summed E-state index contributed by atoms with van der Waals surface area (Å²) in [4.78, 5) is 10.3. The SMILES string of the molecule is Cc1cc(C)n(CCCNCCCCCC(=O)O)n1.